The van der Waals surface area contributed by atoms with Crippen molar-refractivity contribution in [1.29, 1.82) is 5.26 Å². The Bertz CT molecular complexity index is 732. The first-order valence-electron chi connectivity index (χ1n) is 8.12. The number of nitrogens with one attached hydrogen (secondary N) is 2. The molecule has 0 bridgehead atoms. The predicted molar refractivity (Wildman–Crippen MR) is 114 cm³/mol. The standard InChI is InChI=1S/C20H24N4.HI/c1-15-7-9-19(10-8-15)16(2)13-23-20(22-3)24-14-18-6-4-5-17(11-18)12-21;/h4-11,16H,13-14H2,1-3H3,(H2,22,23,24);1H. The third-order valence-corrected chi connectivity index (χ3v) is 3.96. The van der Waals surface area contributed by atoms with Crippen LogP contribution in [0.4, 0.5) is 0 Å². The second-order valence-corrected chi connectivity index (χ2v) is 5.93. The van der Waals surface area contributed by atoms with E-state index in [4.69, 9.17) is 5.26 Å². The van der Waals surface area contributed by atoms with Gasteiger partial charge >= 0.3 is 0 Å². The highest BCUT2D eigenvalue weighted by molar-refractivity contribution is 14.0. The summed E-state index contributed by atoms with van der Waals surface area (Å²) in [5.74, 6) is 1.15. The lowest BCUT2D eigenvalue weighted by Crippen LogP contribution is -2.38. The second kappa shape index (κ2) is 10.7. The Kier molecular flexibility index (Phi) is 9.00. The van der Waals surface area contributed by atoms with Crippen LogP contribution in [0.1, 0.15) is 35.1 Å². The molecule has 132 valence electrons. The molecule has 0 radical (unpaired) electrons. The van der Waals surface area contributed by atoms with Crippen LogP contribution in [0.2, 0.25) is 0 Å². The van der Waals surface area contributed by atoms with Gasteiger partial charge in [-0.05, 0) is 36.1 Å². The van der Waals surface area contributed by atoms with Crippen molar-refractivity contribution in [3.05, 3.63) is 70.8 Å². The lowest BCUT2D eigenvalue weighted by atomic mass is 10.0. The number of rotatable bonds is 5. The molecule has 0 aromatic heterocycles. The van der Waals surface area contributed by atoms with E-state index < -0.39 is 0 Å². The van der Waals surface area contributed by atoms with Gasteiger partial charge in [0.2, 0.25) is 0 Å². The zero-order valence-electron chi connectivity index (χ0n) is 14.9. The van der Waals surface area contributed by atoms with E-state index in [1.165, 1.54) is 11.1 Å². The fraction of sp³-hybridized carbons (Fsp3) is 0.300. The number of aryl methyl sites for hydroxylation is 1. The molecule has 0 aliphatic carbocycles. The van der Waals surface area contributed by atoms with E-state index in [2.05, 4.69) is 59.8 Å². The number of benzene rings is 2. The van der Waals surface area contributed by atoms with Crippen LogP contribution in [0.3, 0.4) is 0 Å². The monoisotopic (exact) mass is 448 g/mol. The smallest absolute Gasteiger partial charge is 0.191 e. The molecule has 0 fully saturated rings. The zero-order chi connectivity index (χ0) is 17.4. The molecule has 2 aromatic carbocycles. The van der Waals surface area contributed by atoms with Crippen LogP contribution in [0.25, 0.3) is 0 Å². The van der Waals surface area contributed by atoms with Gasteiger partial charge < -0.3 is 10.6 Å². The number of nitriles is 1. The molecule has 0 aliphatic heterocycles. The van der Waals surface area contributed by atoms with Gasteiger partial charge in [-0.25, -0.2) is 0 Å². The van der Waals surface area contributed by atoms with E-state index in [-0.39, 0.29) is 24.0 Å². The molecule has 4 nitrogen and oxygen atoms in total. The van der Waals surface area contributed by atoms with Gasteiger partial charge in [-0.2, -0.15) is 5.26 Å². The largest absolute Gasteiger partial charge is 0.356 e. The fourth-order valence-corrected chi connectivity index (χ4v) is 2.42. The average Bonchev–Trinajstić information content (AvgIpc) is 2.62. The Morgan fingerprint density at radius 1 is 1.16 bits per heavy atom. The molecule has 5 heteroatoms. The van der Waals surface area contributed by atoms with E-state index in [9.17, 15) is 0 Å². The number of nitrogens with zero attached hydrogens (tertiary/aromatic N) is 2. The number of halogens is 1. The number of guanidine groups is 1. The molecule has 0 saturated carbocycles. The van der Waals surface area contributed by atoms with Crippen LogP contribution in [-0.2, 0) is 6.54 Å². The maximum absolute atomic E-state index is 8.95. The number of aliphatic imine (C=N–C) groups is 1. The molecule has 25 heavy (non-hydrogen) atoms. The van der Waals surface area contributed by atoms with Crippen molar-refractivity contribution in [2.24, 2.45) is 4.99 Å². The van der Waals surface area contributed by atoms with Crippen LogP contribution >= 0.6 is 24.0 Å². The molecule has 2 aromatic rings. The van der Waals surface area contributed by atoms with E-state index in [1.807, 2.05) is 18.2 Å². The Morgan fingerprint density at radius 3 is 2.52 bits per heavy atom. The van der Waals surface area contributed by atoms with Crippen molar-refractivity contribution < 1.29 is 0 Å². The normalized spacial score (nSPS) is 11.8. The van der Waals surface area contributed by atoms with E-state index in [0.29, 0.717) is 18.0 Å². The molecule has 0 heterocycles. The highest BCUT2D eigenvalue weighted by Gasteiger charge is 2.06. The molecule has 0 spiro atoms. The van der Waals surface area contributed by atoms with Gasteiger partial charge in [0.25, 0.3) is 0 Å². The minimum atomic E-state index is 0. The summed E-state index contributed by atoms with van der Waals surface area (Å²) < 4.78 is 0. The predicted octanol–water partition coefficient (Wildman–Crippen LogP) is 3.95. The van der Waals surface area contributed by atoms with Crippen molar-refractivity contribution in [3.8, 4) is 6.07 Å². The van der Waals surface area contributed by atoms with Crippen molar-refractivity contribution in [2.75, 3.05) is 13.6 Å². The lowest BCUT2D eigenvalue weighted by Gasteiger charge is -2.16. The van der Waals surface area contributed by atoms with Gasteiger partial charge in [-0.1, -0.05) is 48.9 Å². The summed E-state index contributed by atoms with van der Waals surface area (Å²) in [5.41, 5.74) is 4.31. The molecule has 0 amide bonds. The minimum Gasteiger partial charge on any atom is -0.356 e. The quantitative estimate of drug-likeness (QED) is 0.414. The first-order chi connectivity index (χ1) is 11.6. The summed E-state index contributed by atoms with van der Waals surface area (Å²) in [7, 11) is 1.76. The third-order valence-electron chi connectivity index (χ3n) is 3.96. The summed E-state index contributed by atoms with van der Waals surface area (Å²) in [6.07, 6.45) is 0. The van der Waals surface area contributed by atoms with Gasteiger partial charge in [0.05, 0.1) is 11.6 Å². The topological polar surface area (TPSA) is 60.2 Å². The summed E-state index contributed by atoms with van der Waals surface area (Å²) >= 11 is 0. The fourth-order valence-electron chi connectivity index (χ4n) is 2.42. The number of hydrogen-bond acceptors (Lipinski definition) is 2. The third kappa shape index (κ3) is 6.75. The molecule has 1 atom stereocenters. The maximum Gasteiger partial charge on any atom is 0.191 e. The van der Waals surface area contributed by atoms with Crippen LogP contribution < -0.4 is 10.6 Å². The van der Waals surface area contributed by atoms with Crippen LogP contribution in [0.15, 0.2) is 53.5 Å². The summed E-state index contributed by atoms with van der Waals surface area (Å²) in [4.78, 5) is 4.25. The van der Waals surface area contributed by atoms with Crippen LogP contribution in [0, 0.1) is 18.3 Å². The first kappa shape index (κ1) is 21.0. The Balaban J connectivity index is 0.00000312. The highest BCUT2D eigenvalue weighted by Crippen LogP contribution is 2.14. The first-order valence-corrected chi connectivity index (χ1v) is 8.12. The van der Waals surface area contributed by atoms with E-state index in [1.54, 1.807) is 13.1 Å². The molecular formula is C20H25IN4. The molecule has 2 rings (SSSR count). The Labute approximate surface area is 167 Å². The second-order valence-electron chi connectivity index (χ2n) is 5.93. The Morgan fingerprint density at radius 2 is 1.88 bits per heavy atom. The molecule has 2 N–H and O–H groups in total. The van der Waals surface area contributed by atoms with E-state index in [0.717, 1.165) is 18.1 Å². The molecule has 0 saturated heterocycles. The van der Waals surface area contributed by atoms with Gasteiger partial charge in [0.15, 0.2) is 5.96 Å². The zero-order valence-corrected chi connectivity index (χ0v) is 17.2. The summed E-state index contributed by atoms with van der Waals surface area (Å²) in [6.45, 7) is 5.73. The average molecular weight is 448 g/mol. The van der Waals surface area contributed by atoms with Gasteiger partial charge in [-0.3, -0.25) is 4.99 Å². The molecular weight excluding hydrogens is 423 g/mol. The SMILES string of the molecule is CN=C(NCc1cccc(C#N)c1)NCC(C)c1ccc(C)cc1.I. The van der Waals surface area contributed by atoms with Gasteiger partial charge in [-0.15, -0.1) is 24.0 Å². The van der Waals surface area contributed by atoms with Crippen molar-refractivity contribution >= 4 is 29.9 Å². The minimum absolute atomic E-state index is 0. The van der Waals surface area contributed by atoms with Crippen LogP contribution in [-0.4, -0.2) is 19.6 Å². The Hall–Kier alpha value is -2.07. The highest BCUT2D eigenvalue weighted by atomic mass is 127. The van der Waals surface area contributed by atoms with Gasteiger partial charge in [0, 0.05) is 20.1 Å². The molecule has 1 unspecified atom stereocenters. The maximum atomic E-state index is 8.95. The lowest BCUT2D eigenvalue weighted by molar-refractivity contribution is 0.698. The van der Waals surface area contributed by atoms with Gasteiger partial charge in [0.1, 0.15) is 0 Å². The van der Waals surface area contributed by atoms with Crippen molar-refractivity contribution in [3.63, 3.8) is 0 Å². The summed E-state index contributed by atoms with van der Waals surface area (Å²) in [6, 6.07) is 18.4. The van der Waals surface area contributed by atoms with Crippen molar-refractivity contribution in [1.82, 2.24) is 10.6 Å². The van der Waals surface area contributed by atoms with Crippen molar-refractivity contribution in [2.45, 2.75) is 26.3 Å². The number of hydrogen-bond donors (Lipinski definition) is 2. The molecule has 0 aliphatic rings. The van der Waals surface area contributed by atoms with E-state index >= 15 is 0 Å². The van der Waals surface area contributed by atoms with Crippen LogP contribution in [0.5, 0.6) is 0 Å². The summed E-state index contributed by atoms with van der Waals surface area (Å²) in [5, 5.41) is 15.6.